The SMILES string of the molecule is CCC=C=CCc1ccc(N(C)C)cc1. The molecule has 0 saturated carbocycles. The van der Waals surface area contributed by atoms with E-state index in [2.05, 4.69) is 62.0 Å². The molecule has 0 fully saturated rings. The molecule has 80 valence electrons. The summed E-state index contributed by atoms with van der Waals surface area (Å²) in [6, 6.07) is 8.62. The highest BCUT2D eigenvalue weighted by Gasteiger charge is 1.93. The van der Waals surface area contributed by atoms with Gasteiger partial charge in [-0.25, -0.2) is 0 Å². The second-order valence-corrected chi connectivity index (χ2v) is 3.75. The molecule has 0 spiro atoms. The highest BCUT2D eigenvalue weighted by atomic mass is 15.1. The lowest BCUT2D eigenvalue weighted by molar-refractivity contribution is 1.12. The Morgan fingerprint density at radius 3 is 2.33 bits per heavy atom. The minimum absolute atomic E-state index is 0.963. The molecule has 0 saturated heterocycles. The van der Waals surface area contributed by atoms with Crippen molar-refractivity contribution in [3.8, 4) is 0 Å². The number of benzene rings is 1. The van der Waals surface area contributed by atoms with Gasteiger partial charge in [0.25, 0.3) is 0 Å². The van der Waals surface area contributed by atoms with Gasteiger partial charge in [0.05, 0.1) is 0 Å². The largest absolute Gasteiger partial charge is 0.378 e. The number of hydrogen-bond acceptors (Lipinski definition) is 1. The van der Waals surface area contributed by atoms with Gasteiger partial charge in [-0.05, 0) is 42.7 Å². The van der Waals surface area contributed by atoms with E-state index in [-0.39, 0.29) is 0 Å². The predicted molar refractivity (Wildman–Crippen MR) is 67.4 cm³/mol. The lowest BCUT2D eigenvalue weighted by atomic mass is 10.1. The van der Waals surface area contributed by atoms with Crippen LogP contribution in [0.2, 0.25) is 0 Å². The minimum atomic E-state index is 0.963. The van der Waals surface area contributed by atoms with E-state index >= 15 is 0 Å². The van der Waals surface area contributed by atoms with E-state index < -0.39 is 0 Å². The van der Waals surface area contributed by atoms with Crippen LogP contribution in [-0.4, -0.2) is 14.1 Å². The zero-order chi connectivity index (χ0) is 11.1. The maximum absolute atomic E-state index is 3.16. The lowest BCUT2D eigenvalue weighted by Crippen LogP contribution is -2.08. The molecule has 0 aliphatic carbocycles. The first-order valence-electron chi connectivity index (χ1n) is 5.39. The Bertz CT molecular complexity index is 340. The number of anilines is 1. The van der Waals surface area contributed by atoms with Crippen LogP contribution in [0.15, 0.2) is 42.1 Å². The molecule has 1 rings (SSSR count). The Balaban J connectivity index is 2.61. The van der Waals surface area contributed by atoms with Gasteiger partial charge in [-0.1, -0.05) is 19.1 Å². The fourth-order valence-corrected chi connectivity index (χ4v) is 1.31. The summed E-state index contributed by atoms with van der Waals surface area (Å²) in [6.07, 6.45) is 6.14. The van der Waals surface area contributed by atoms with Crippen LogP contribution >= 0.6 is 0 Å². The molecule has 15 heavy (non-hydrogen) atoms. The summed E-state index contributed by atoms with van der Waals surface area (Å²) in [4.78, 5) is 2.11. The van der Waals surface area contributed by atoms with Crippen LogP contribution < -0.4 is 4.90 Å². The zero-order valence-corrected chi connectivity index (χ0v) is 9.83. The van der Waals surface area contributed by atoms with Crippen molar-refractivity contribution in [1.82, 2.24) is 0 Å². The van der Waals surface area contributed by atoms with Crippen LogP contribution in [0, 0.1) is 0 Å². The van der Waals surface area contributed by atoms with Crippen LogP contribution in [0.1, 0.15) is 18.9 Å². The number of allylic oxidation sites excluding steroid dienone is 1. The van der Waals surface area contributed by atoms with Gasteiger partial charge >= 0.3 is 0 Å². The number of nitrogens with zero attached hydrogens (tertiary/aromatic N) is 1. The first kappa shape index (κ1) is 11.6. The van der Waals surface area contributed by atoms with E-state index in [0.717, 1.165) is 12.8 Å². The summed E-state index contributed by atoms with van der Waals surface area (Å²) in [6.45, 7) is 2.12. The van der Waals surface area contributed by atoms with Crippen molar-refractivity contribution in [3.05, 3.63) is 47.7 Å². The normalized spacial score (nSPS) is 9.27. The Morgan fingerprint density at radius 1 is 1.13 bits per heavy atom. The van der Waals surface area contributed by atoms with Gasteiger partial charge in [0.1, 0.15) is 0 Å². The third-order valence-corrected chi connectivity index (χ3v) is 2.23. The fourth-order valence-electron chi connectivity index (χ4n) is 1.31. The molecule has 0 N–H and O–H groups in total. The lowest BCUT2D eigenvalue weighted by Gasteiger charge is -2.12. The standard InChI is InChI=1S/C14H19N/c1-4-5-6-7-8-13-9-11-14(12-10-13)15(2)3/h5,7,9-12H,4,8H2,1-3H3. The molecule has 0 aromatic heterocycles. The molecule has 0 aliphatic heterocycles. The highest BCUT2D eigenvalue weighted by molar-refractivity contribution is 5.46. The van der Waals surface area contributed by atoms with E-state index in [9.17, 15) is 0 Å². The van der Waals surface area contributed by atoms with Crippen LogP contribution in [-0.2, 0) is 6.42 Å². The number of rotatable bonds is 4. The molecule has 0 heterocycles. The Labute approximate surface area is 92.7 Å². The summed E-state index contributed by atoms with van der Waals surface area (Å²) in [5, 5.41) is 0. The van der Waals surface area contributed by atoms with E-state index in [0.29, 0.717) is 0 Å². The van der Waals surface area contributed by atoms with E-state index in [1.54, 1.807) is 0 Å². The first-order chi connectivity index (χ1) is 7.24. The Hall–Kier alpha value is -1.46. The fraction of sp³-hybridized carbons (Fsp3) is 0.357. The average molecular weight is 201 g/mol. The summed E-state index contributed by atoms with van der Waals surface area (Å²) >= 11 is 0. The summed E-state index contributed by atoms with van der Waals surface area (Å²) < 4.78 is 0. The molecule has 0 aliphatic rings. The van der Waals surface area contributed by atoms with Gasteiger partial charge in [-0.2, -0.15) is 0 Å². The predicted octanol–water partition coefficient (Wildman–Crippen LogP) is 3.42. The third-order valence-electron chi connectivity index (χ3n) is 2.23. The molecule has 0 amide bonds. The van der Waals surface area contributed by atoms with Crippen molar-refractivity contribution in [1.29, 1.82) is 0 Å². The maximum atomic E-state index is 3.16. The van der Waals surface area contributed by atoms with Crippen molar-refractivity contribution in [2.24, 2.45) is 0 Å². The van der Waals surface area contributed by atoms with Crippen molar-refractivity contribution in [3.63, 3.8) is 0 Å². The summed E-state index contributed by atoms with van der Waals surface area (Å²) in [5.74, 6) is 0. The van der Waals surface area contributed by atoms with Gasteiger partial charge in [-0.3, -0.25) is 0 Å². The summed E-state index contributed by atoms with van der Waals surface area (Å²) in [5.41, 5.74) is 5.73. The molecular formula is C14H19N. The van der Waals surface area contributed by atoms with Gasteiger partial charge in [-0.15, -0.1) is 5.73 Å². The molecule has 1 aromatic carbocycles. The van der Waals surface area contributed by atoms with Gasteiger partial charge in [0.15, 0.2) is 0 Å². The van der Waals surface area contributed by atoms with Crippen molar-refractivity contribution >= 4 is 5.69 Å². The minimum Gasteiger partial charge on any atom is -0.378 e. The molecule has 0 radical (unpaired) electrons. The van der Waals surface area contributed by atoms with E-state index in [1.165, 1.54) is 11.3 Å². The Kier molecular flexibility index (Phi) is 4.73. The van der Waals surface area contributed by atoms with Crippen LogP contribution in [0.5, 0.6) is 0 Å². The summed E-state index contributed by atoms with van der Waals surface area (Å²) in [7, 11) is 4.11. The zero-order valence-electron chi connectivity index (χ0n) is 9.83. The topological polar surface area (TPSA) is 3.24 Å². The van der Waals surface area contributed by atoms with Crippen LogP contribution in [0.25, 0.3) is 0 Å². The molecule has 0 unspecified atom stereocenters. The van der Waals surface area contributed by atoms with E-state index in [4.69, 9.17) is 0 Å². The second-order valence-electron chi connectivity index (χ2n) is 3.75. The molecule has 1 heteroatoms. The van der Waals surface area contributed by atoms with E-state index in [1.807, 2.05) is 6.08 Å². The van der Waals surface area contributed by atoms with Gasteiger partial charge in [0, 0.05) is 19.8 Å². The van der Waals surface area contributed by atoms with Gasteiger partial charge in [0.2, 0.25) is 0 Å². The molecule has 1 aromatic rings. The van der Waals surface area contributed by atoms with Crippen LogP contribution in [0.3, 0.4) is 0 Å². The highest BCUT2D eigenvalue weighted by Crippen LogP contribution is 2.12. The van der Waals surface area contributed by atoms with Crippen molar-refractivity contribution in [2.75, 3.05) is 19.0 Å². The Morgan fingerprint density at radius 2 is 1.80 bits per heavy atom. The second kappa shape index (κ2) is 6.10. The monoisotopic (exact) mass is 201 g/mol. The molecular weight excluding hydrogens is 182 g/mol. The third kappa shape index (κ3) is 4.05. The maximum Gasteiger partial charge on any atom is 0.0361 e. The molecule has 1 nitrogen and oxygen atoms in total. The van der Waals surface area contributed by atoms with Gasteiger partial charge < -0.3 is 4.90 Å². The number of hydrogen-bond donors (Lipinski definition) is 0. The molecule has 0 atom stereocenters. The first-order valence-corrected chi connectivity index (χ1v) is 5.39. The van der Waals surface area contributed by atoms with Crippen molar-refractivity contribution in [2.45, 2.75) is 19.8 Å². The van der Waals surface area contributed by atoms with Crippen molar-refractivity contribution < 1.29 is 0 Å². The molecule has 0 bridgehead atoms. The van der Waals surface area contributed by atoms with Crippen LogP contribution in [0.4, 0.5) is 5.69 Å². The quantitative estimate of drug-likeness (QED) is 0.675. The smallest absolute Gasteiger partial charge is 0.0361 e. The average Bonchev–Trinajstić information content (AvgIpc) is 2.25.